The van der Waals surface area contributed by atoms with E-state index in [1.54, 1.807) is 7.11 Å². The number of rotatable bonds is 4. The molecule has 3 aromatic rings. The molecule has 2 N–H and O–H groups in total. The first kappa shape index (κ1) is 19.2. The van der Waals surface area contributed by atoms with Crippen molar-refractivity contribution >= 4 is 16.8 Å². The number of likely N-dealkylation sites (tertiary alicyclic amines) is 1. The number of fused-ring (bicyclic) bond motifs is 2. The summed E-state index contributed by atoms with van der Waals surface area (Å²) < 4.78 is 5.55. The molecule has 1 saturated carbocycles. The van der Waals surface area contributed by atoms with Gasteiger partial charge in [-0.2, -0.15) is 0 Å². The van der Waals surface area contributed by atoms with Crippen LogP contribution in [0.5, 0.6) is 5.75 Å². The van der Waals surface area contributed by atoms with Crippen molar-refractivity contribution in [3.8, 4) is 5.75 Å². The van der Waals surface area contributed by atoms with Gasteiger partial charge in [-0.15, -0.1) is 0 Å². The van der Waals surface area contributed by atoms with Gasteiger partial charge in [0.2, 0.25) is 5.91 Å². The molecular formula is C25H28N2O3. The molecule has 3 atom stereocenters. The van der Waals surface area contributed by atoms with Crippen molar-refractivity contribution in [2.24, 2.45) is 11.8 Å². The Morgan fingerprint density at radius 1 is 1.20 bits per heavy atom. The topological polar surface area (TPSA) is 65.6 Å². The molecular weight excluding hydrogens is 376 g/mol. The second kappa shape index (κ2) is 7.47. The molecule has 1 amide bonds. The van der Waals surface area contributed by atoms with Crippen molar-refractivity contribution in [3.05, 3.63) is 65.9 Å². The van der Waals surface area contributed by atoms with Gasteiger partial charge in [-0.1, -0.05) is 36.4 Å². The van der Waals surface area contributed by atoms with E-state index in [1.165, 1.54) is 0 Å². The lowest BCUT2D eigenvalue weighted by molar-refractivity contribution is -0.130. The van der Waals surface area contributed by atoms with Crippen LogP contribution in [-0.4, -0.2) is 41.1 Å². The van der Waals surface area contributed by atoms with Crippen molar-refractivity contribution in [2.75, 3.05) is 20.2 Å². The van der Waals surface area contributed by atoms with Crippen molar-refractivity contribution in [2.45, 2.75) is 31.3 Å². The van der Waals surface area contributed by atoms with Gasteiger partial charge in [-0.05, 0) is 42.9 Å². The Kier molecular flexibility index (Phi) is 4.78. The van der Waals surface area contributed by atoms with Crippen molar-refractivity contribution < 1.29 is 14.6 Å². The molecule has 2 heterocycles. The Labute approximate surface area is 176 Å². The highest BCUT2D eigenvalue weighted by molar-refractivity contribution is 5.89. The predicted molar refractivity (Wildman–Crippen MR) is 116 cm³/mol. The second-order valence-electron chi connectivity index (χ2n) is 8.72. The maximum absolute atomic E-state index is 13.2. The minimum Gasteiger partial charge on any atom is -0.496 e. The molecule has 30 heavy (non-hydrogen) atoms. The number of hydrogen-bond acceptors (Lipinski definition) is 3. The summed E-state index contributed by atoms with van der Waals surface area (Å²) in [5.74, 6) is 1.22. The summed E-state index contributed by atoms with van der Waals surface area (Å²) in [6.07, 6.45) is 5.05. The van der Waals surface area contributed by atoms with E-state index in [4.69, 9.17) is 4.74 Å². The fourth-order valence-electron chi connectivity index (χ4n) is 5.62. The van der Waals surface area contributed by atoms with Crippen LogP contribution in [0, 0.1) is 11.8 Å². The highest BCUT2D eigenvalue weighted by Crippen LogP contribution is 2.50. The predicted octanol–water partition coefficient (Wildman–Crippen LogP) is 3.87. The van der Waals surface area contributed by atoms with Crippen molar-refractivity contribution in [1.29, 1.82) is 0 Å². The van der Waals surface area contributed by atoms with Gasteiger partial charge in [-0.3, -0.25) is 4.79 Å². The summed E-state index contributed by atoms with van der Waals surface area (Å²) in [5, 5.41) is 12.9. The van der Waals surface area contributed by atoms with Crippen LogP contribution in [0.25, 0.3) is 10.9 Å². The number of carbonyl (C=O) groups excluding carboxylic acids is 1. The van der Waals surface area contributed by atoms with Crippen LogP contribution in [0.3, 0.4) is 0 Å². The van der Waals surface area contributed by atoms with E-state index < -0.39 is 5.60 Å². The molecule has 2 aliphatic rings. The maximum Gasteiger partial charge on any atom is 0.227 e. The highest BCUT2D eigenvalue weighted by atomic mass is 16.5. The average molecular weight is 405 g/mol. The number of aromatic nitrogens is 1. The van der Waals surface area contributed by atoms with Crippen molar-refractivity contribution in [1.82, 2.24) is 9.88 Å². The standard InChI is InChI=1S/C25H28N2O3/c1-30-23-11-5-3-9-20(23)25(29)12-6-7-17-15-27(16-21(17)25)24(28)13-18-14-26-22-10-4-2-8-19(18)22/h2-5,8-11,14,17,21,26,29H,6-7,12-13,15-16H2,1H3. The van der Waals surface area contributed by atoms with E-state index in [0.29, 0.717) is 25.3 Å². The summed E-state index contributed by atoms with van der Waals surface area (Å²) in [7, 11) is 1.65. The molecule has 5 nitrogen and oxygen atoms in total. The lowest BCUT2D eigenvalue weighted by Gasteiger charge is -2.41. The van der Waals surface area contributed by atoms with Gasteiger partial charge in [0.15, 0.2) is 0 Å². The number of H-pyrrole nitrogens is 1. The molecule has 1 aliphatic carbocycles. The number of ether oxygens (including phenoxy) is 1. The summed E-state index contributed by atoms with van der Waals surface area (Å²) in [6.45, 7) is 1.32. The van der Waals surface area contributed by atoms with E-state index in [2.05, 4.69) is 11.1 Å². The third-order valence-electron chi connectivity index (χ3n) is 7.13. The summed E-state index contributed by atoms with van der Waals surface area (Å²) in [4.78, 5) is 18.4. The monoisotopic (exact) mass is 404 g/mol. The highest BCUT2D eigenvalue weighted by Gasteiger charge is 2.51. The smallest absolute Gasteiger partial charge is 0.227 e. The zero-order chi connectivity index (χ0) is 20.7. The fourth-order valence-corrected chi connectivity index (χ4v) is 5.62. The van der Waals surface area contributed by atoms with Crippen LogP contribution in [0.15, 0.2) is 54.7 Å². The van der Waals surface area contributed by atoms with E-state index >= 15 is 0 Å². The summed E-state index contributed by atoms with van der Waals surface area (Å²) >= 11 is 0. The minimum absolute atomic E-state index is 0.0365. The summed E-state index contributed by atoms with van der Waals surface area (Å²) in [6, 6.07) is 15.8. The van der Waals surface area contributed by atoms with E-state index in [9.17, 15) is 9.90 Å². The zero-order valence-corrected chi connectivity index (χ0v) is 17.3. The van der Waals surface area contributed by atoms with Gasteiger partial charge in [-0.25, -0.2) is 0 Å². The Morgan fingerprint density at radius 3 is 2.87 bits per heavy atom. The van der Waals surface area contributed by atoms with Gasteiger partial charge in [0, 0.05) is 41.7 Å². The van der Waals surface area contributed by atoms with E-state index in [0.717, 1.165) is 47.2 Å². The molecule has 2 fully saturated rings. The van der Waals surface area contributed by atoms with E-state index in [1.807, 2.05) is 53.6 Å². The lowest BCUT2D eigenvalue weighted by atomic mass is 9.67. The van der Waals surface area contributed by atoms with Crippen molar-refractivity contribution in [3.63, 3.8) is 0 Å². The van der Waals surface area contributed by atoms with Crippen LogP contribution < -0.4 is 4.74 Å². The molecule has 1 aliphatic heterocycles. The number of aliphatic hydroxyl groups is 1. The van der Waals surface area contributed by atoms with Crippen LogP contribution >= 0.6 is 0 Å². The largest absolute Gasteiger partial charge is 0.496 e. The first-order valence-corrected chi connectivity index (χ1v) is 10.8. The van der Waals surface area contributed by atoms with Gasteiger partial charge in [0.05, 0.1) is 19.1 Å². The number of benzene rings is 2. The molecule has 1 aromatic heterocycles. The SMILES string of the molecule is COc1ccccc1C1(O)CCCC2CN(C(=O)Cc3c[nH]c4ccccc34)CC21. The molecule has 5 heteroatoms. The number of methoxy groups -OCH3 is 1. The van der Waals surface area contributed by atoms with Gasteiger partial charge < -0.3 is 19.7 Å². The number of nitrogens with one attached hydrogen (secondary N) is 1. The van der Waals surface area contributed by atoms with E-state index in [-0.39, 0.29) is 11.8 Å². The number of nitrogens with zero attached hydrogens (tertiary/aromatic N) is 1. The van der Waals surface area contributed by atoms with Gasteiger partial charge >= 0.3 is 0 Å². The second-order valence-corrected chi connectivity index (χ2v) is 8.72. The number of hydrogen-bond donors (Lipinski definition) is 2. The van der Waals surface area contributed by atoms with Crippen LogP contribution in [0.1, 0.15) is 30.4 Å². The summed E-state index contributed by atoms with van der Waals surface area (Å²) in [5.41, 5.74) is 1.99. The Hall–Kier alpha value is -2.79. The molecule has 1 saturated heterocycles. The third kappa shape index (κ3) is 3.08. The molecule has 2 aromatic carbocycles. The third-order valence-corrected chi connectivity index (χ3v) is 7.13. The quantitative estimate of drug-likeness (QED) is 0.694. The molecule has 3 unspecified atom stereocenters. The Balaban J connectivity index is 1.38. The van der Waals surface area contributed by atoms with Crippen LogP contribution in [0.2, 0.25) is 0 Å². The Morgan fingerprint density at radius 2 is 2.00 bits per heavy atom. The number of amides is 1. The zero-order valence-electron chi connectivity index (χ0n) is 17.3. The number of carbonyl (C=O) groups is 1. The average Bonchev–Trinajstić information content (AvgIpc) is 3.39. The Bertz CT molecular complexity index is 1070. The minimum atomic E-state index is -0.953. The molecule has 5 rings (SSSR count). The van der Waals surface area contributed by atoms with Crippen LogP contribution in [-0.2, 0) is 16.8 Å². The van der Waals surface area contributed by atoms with Gasteiger partial charge in [0.25, 0.3) is 0 Å². The molecule has 0 radical (unpaired) electrons. The molecule has 0 spiro atoms. The van der Waals surface area contributed by atoms with Gasteiger partial charge in [0.1, 0.15) is 5.75 Å². The molecule has 0 bridgehead atoms. The first-order chi connectivity index (χ1) is 14.6. The fraction of sp³-hybridized carbons (Fsp3) is 0.400. The maximum atomic E-state index is 13.2. The lowest BCUT2D eigenvalue weighted by Crippen LogP contribution is -2.43. The van der Waals surface area contributed by atoms with Crippen LogP contribution in [0.4, 0.5) is 0 Å². The molecule has 156 valence electrons. The number of para-hydroxylation sites is 2. The normalized spacial score (nSPS) is 26.0. The number of aromatic amines is 1. The first-order valence-electron chi connectivity index (χ1n) is 10.8.